The van der Waals surface area contributed by atoms with E-state index >= 15 is 0 Å². The maximum Gasteiger partial charge on any atom is 0.269 e. The van der Waals surface area contributed by atoms with Gasteiger partial charge in [0.2, 0.25) is 0 Å². The van der Waals surface area contributed by atoms with Gasteiger partial charge in [0.15, 0.2) is 0 Å². The number of aryl methyl sites for hydroxylation is 1. The van der Waals surface area contributed by atoms with Crippen LogP contribution < -0.4 is 0 Å². The molecule has 0 saturated heterocycles. The van der Waals surface area contributed by atoms with E-state index in [1.807, 2.05) is 6.92 Å². The minimum atomic E-state index is -0.416. The monoisotopic (exact) mass is 229 g/mol. The van der Waals surface area contributed by atoms with Crippen molar-refractivity contribution in [2.75, 3.05) is 0 Å². The van der Waals surface area contributed by atoms with Crippen LogP contribution in [0.15, 0.2) is 30.8 Å². The molecule has 0 fully saturated rings. The van der Waals surface area contributed by atoms with Crippen molar-refractivity contribution >= 4 is 11.8 Å². The zero-order valence-electron chi connectivity index (χ0n) is 9.30. The van der Waals surface area contributed by atoms with Gasteiger partial charge in [0.1, 0.15) is 0 Å². The molecule has 0 amide bonds. The van der Waals surface area contributed by atoms with Crippen molar-refractivity contribution in [2.45, 2.75) is 6.92 Å². The first-order valence-electron chi connectivity index (χ1n) is 5.05. The summed E-state index contributed by atoms with van der Waals surface area (Å²) in [7, 11) is 0. The average molecular weight is 229 g/mol. The van der Waals surface area contributed by atoms with Gasteiger partial charge in [-0.05, 0) is 30.7 Å². The Hall–Kier alpha value is -2.43. The minimum absolute atomic E-state index is 0.0788. The second-order valence-corrected chi connectivity index (χ2v) is 3.62. The first-order valence-corrected chi connectivity index (χ1v) is 5.05. The Kier molecular flexibility index (Phi) is 2.74. The van der Waals surface area contributed by atoms with Gasteiger partial charge >= 0.3 is 0 Å². The van der Waals surface area contributed by atoms with E-state index in [4.69, 9.17) is 0 Å². The van der Waals surface area contributed by atoms with Gasteiger partial charge in [-0.15, -0.1) is 0 Å². The van der Waals surface area contributed by atoms with Crippen molar-refractivity contribution in [1.29, 1.82) is 0 Å². The molecule has 5 nitrogen and oxygen atoms in total. The van der Waals surface area contributed by atoms with Gasteiger partial charge in [0.25, 0.3) is 5.69 Å². The topological polar surface area (TPSA) is 71.8 Å². The van der Waals surface area contributed by atoms with Crippen LogP contribution >= 0.6 is 0 Å². The van der Waals surface area contributed by atoms with Crippen LogP contribution in [0.2, 0.25) is 0 Å². The Bertz CT molecular complexity index is 570. The maximum absolute atomic E-state index is 10.6. The largest absolute Gasteiger partial charge is 0.282 e. The number of aromatic nitrogens is 2. The molecule has 1 heterocycles. The van der Waals surface area contributed by atoms with Crippen LogP contribution in [0.1, 0.15) is 11.4 Å². The molecule has 0 aliphatic heterocycles. The Morgan fingerprint density at radius 3 is 2.59 bits per heavy atom. The van der Waals surface area contributed by atoms with Crippen molar-refractivity contribution in [3.63, 3.8) is 0 Å². The predicted octanol–water partition coefficient (Wildman–Crippen LogP) is 2.94. The van der Waals surface area contributed by atoms with E-state index in [1.54, 1.807) is 18.2 Å². The molecule has 1 aromatic heterocycles. The average Bonchev–Trinajstić information content (AvgIpc) is 2.70. The fraction of sp³-hybridized carbons (Fsp3) is 0.0833. The van der Waals surface area contributed by atoms with Crippen LogP contribution in [0.25, 0.3) is 17.2 Å². The molecule has 2 aromatic rings. The van der Waals surface area contributed by atoms with E-state index in [1.165, 1.54) is 12.1 Å². The second-order valence-electron chi connectivity index (χ2n) is 3.62. The minimum Gasteiger partial charge on any atom is -0.282 e. The zero-order valence-corrected chi connectivity index (χ0v) is 9.30. The number of H-pyrrole nitrogens is 1. The number of nitro groups is 1. The van der Waals surface area contributed by atoms with Crippen molar-refractivity contribution in [1.82, 2.24) is 10.2 Å². The summed E-state index contributed by atoms with van der Waals surface area (Å²) in [5.74, 6) is 0. The van der Waals surface area contributed by atoms with Crippen molar-refractivity contribution < 1.29 is 4.92 Å². The Balaban J connectivity index is 2.49. The molecule has 0 atom stereocenters. The Morgan fingerprint density at radius 2 is 2.06 bits per heavy atom. The highest BCUT2D eigenvalue weighted by molar-refractivity contribution is 5.75. The molecule has 0 aliphatic rings. The summed E-state index contributed by atoms with van der Waals surface area (Å²) in [6.07, 6.45) is 1.65. The Morgan fingerprint density at radius 1 is 1.41 bits per heavy atom. The first kappa shape index (κ1) is 11.1. The maximum atomic E-state index is 10.6. The number of nitrogens with zero attached hydrogens (tertiary/aromatic N) is 2. The lowest BCUT2D eigenvalue weighted by molar-refractivity contribution is -0.384. The predicted molar refractivity (Wildman–Crippen MR) is 65.5 cm³/mol. The molecule has 1 N–H and O–H groups in total. The van der Waals surface area contributed by atoms with E-state index in [2.05, 4.69) is 16.8 Å². The summed E-state index contributed by atoms with van der Waals surface area (Å²) in [6, 6.07) is 6.38. The lowest BCUT2D eigenvalue weighted by Crippen LogP contribution is -1.88. The molecule has 0 radical (unpaired) electrons. The second kappa shape index (κ2) is 4.21. The highest BCUT2D eigenvalue weighted by atomic mass is 16.6. The summed E-state index contributed by atoms with van der Waals surface area (Å²) >= 11 is 0. The van der Waals surface area contributed by atoms with Gasteiger partial charge in [0, 0.05) is 23.4 Å². The number of non-ortho nitro benzene ring substituents is 1. The van der Waals surface area contributed by atoms with Crippen LogP contribution in [0.3, 0.4) is 0 Å². The molecule has 0 saturated carbocycles. The van der Waals surface area contributed by atoms with Gasteiger partial charge in [-0.2, -0.15) is 5.10 Å². The molecule has 0 unspecified atom stereocenters. The normalized spacial score (nSPS) is 10.2. The molecule has 0 bridgehead atoms. The van der Waals surface area contributed by atoms with E-state index in [9.17, 15) is 10.1 Å². The third-order valence-electron chi connectivity index (χ3n) is 2.54. The molecule has 5 heteroatoms. The van der Waals surface area contributed by atoms with Gasteiger partial charge in [-0.3, -0.25) is 15.2 Å². The fourth-order valence-electron chi connectivity index (χ4n) is 1.71. The lowest BCUT2D eigenvalue weighted by Gasteiger charge is -2.01. The smallest absolute Gasteiger partial charge is 0.269 e. The fourth-order valence-corrected chi connectivity index (χ4v) is 1.71. The summed E-state index contributed by atoms with van der Waals surface area (Å²) in [4.78, 5) is 10.1. The van der Waals surface area contributed by atoms with Crippen molar-refractivity contribution in [2.24, 2.45) is 0 Å². The number of benzene rings is 1. The van der Waals surface area contributed by atoms with Gasteiger partial charge in [0.05, 0.1) is 10.6 Å². The van der Waals surface area contributed by atoms with Gasteiger partial charge in [-0.1, -0.05) is 6.58 Å². The summed E-state index contributed by atoms with van der Waals surface area (Å²) in [5.41, 5.74) is 3.55. The number of rotatable bonds is 3. The molecule has 0 aliphatic carbocycles. The van der Waals surface area contributed by atoms with E-state index in [-0.39, 0.29) is 5.69 Å². The SMILES string of the molecule is C=Cc1n[nH]c(C)c1-c1ccc([N+](=O)[O-])cc1. The van der Waals surface area contributed by atoms with E-state index < -0.39 is 4.92 Å². The first-order chi connectivity index (χ1) is 8.13. The number of aromatic amines is 1. The van der Waals surface area contributed by atoms with E-state index in [0.29, 0.717) is 0 Å². The van der Waals surface area contributed by atoms with Crippen LogP contribution in [0.5, 0.6) is 0 Å². The number of hydrogen-bond donors (Lipinski definition) is 1. The quantitative estimate of drug-likeness (QED) is 0.649. The highest BCUT2D eigenvalue weighted by Crippen LogP contribution is 2.27. The molecular formula is C12H11N3O2. The van der Waals surface area contributed by atoms with Crippen LogP contribution in [-0.2, 0) is 0 Å². The summed E-state index contributed by atoms with van der Waals surface area (Å²) in [6.45, 7) is 5.59. The molecule has 2 rings (SSSR count). The standard InChI is InChI=1S/C12H11N3O2/c1-3-11-12(8(2)13-14-11)9-4-6-10(7-5-9)15(16)17/h3-7H,1H2,2H3,(H,13,14). The third kappa shape index (κ3) is 1.94. The van der Waals surface area contributed by atoms with Gasteiger partial charge in [-0.25, -0.2) is 0 Å². The van der Waals surface area contributed by atoms with Crippen LogP contribution in [-0.4, -0.2) is 15.1 Å². The van der Waals surface area contributed by atoms with Crippen molar-refractivity contribution in [3.05, 3.63) is 52.3 Å². The molecular weight excluding hydrogens is 218 g/mol. The highest BCUT2D eigenvalue weighted by Gasteiger charge is 2.11. The lowest BCUT2D eigenvalue weighted by atomic mass is 10.0. The third-order valence-corrected chi connectivity index (χ3v) is 2.54. The zero-order chi connectivity index (χ0) is 12.4. The molecule has 86 valence electrons. The van der Waals surface area contributed by atoms with Crippen LogP contribution in [0, 0.1) is 17.0 Å². The van der Waals surface area contributed by atoms with Gasteiger partial charge < -0.3 is 0 Å². The summed E-state index contributed by atoms with van der Waals surface area (Å²) in [5, 5.41) is 17.5. The Labute approximate surface area is 97.9 Å². The summed E-state index contributed by atoms with van der Waals surface area (Å²) < 4.78 is 0. The van der Waals surface area contributed by atoms with E-state index in [0.717, 1.165) is 22.5 Å². The number of nitrogens with one attached hydrogen (secondary N) is 1. The number of hydrogen-bond acceptors (Lipinski definition) is 3. The van der Waals surface area contributed by atoms with Crippen LogP contribution in [0.4, 0.5) is 5.69 Å². The number of nitro benzene ring substituents is 1. The molecule has 0 spiro atoms. The van der Waals surface area contributed by atoms with Crippen molar-refractivity contribution in [3.8, 4) is 11.1 Å². The molecule has 1 aromatic carbocycles. The molecule has 17 heavy (non-hydrogen) atoms.